The summed E-state index contributed by atoms with van der Waals surface area (Å²) in [5.41, 5.74) is 0.623. The fourth-order valence-electron chi connectivity index (χ4n) is 3.00. The third-order valence-corrected chi connectivity index (χ3v) is 4.62. The summed E-state index contributed by atoms with van der Waals surface area (Å²) in [7, 11) is 1.62. The van der Waals surface area contributed by atoms with Crippen LogP contribution in [0.5, 0.6) is 0 Å². The molecule has 5 heteroatoms. The SMILES string of the molecule is CN(C(=O)OC(C)(C)C)[C@@H](C=O)CC(C)(C)CCCOCCc1ccccc1. The van der Waals surface area contributed by atoms with Crippen LogP contribution in [0.1, 0.15) is 59.4 Å². The topological polar surface area (TPSA) is 55.8 Å². The molecule has 0 saturated heterocycles. The van der Waals surface area contributed by atoms with Crippen molar-refractivity contribution in [2.24, 2.45) is 5.41 Å². The second-order valence-electron chi connectivity index (χ2n) is 9.11. The lowest BCUT2D eigenvalue weighted by atomic mass is 9.81. The molecule has 0 radical (unpaired) electrons. The van der Waals surface area contributed by atoms with Crippen molar-refractivity contribution in [2.45, 2.75) is 71.9 Å². The van der Waals surface area contributed by atoms with Gasteiger partial charge in [0, 0.05) is 13.7 Å². The minimum atomic E-state index is -0.578. The van der Waals surface area contributed by atoms with Crippen LogP contribution in [0.2, 0.25) is 0 Å². The molecule has 28 heavy (non-hydrogen) atoms. The number of carbonyl (C=O) groups is 2. The van der Waals surface area contributed by atoms with Crippen LogP contribution >= 0.6 is 0 Å². The molecule has 1 amide bonds. The van der Waals surface area contributed by atoms with Crippen LogP contribution in [-0.2, 0) is 20.7 Å². The molecule has 0 saturated carbocycles. The normalized spacial score (nSPS) is 13.1. The standard InChI is InChI=1S/C23H37NO4/c1-22(2,3)28-21(26)24(6)20(18-25)17-23(4,5)14-10-15-27-16-13-19-11-8-7-9-12-19/h7-9,11-12,18,20H,10,13-17H2,1-6H3/t20-/m1/s1. The molecule has 0 aliphatic heterocycles. The number of amides is 1. The fourth-order valence-corrected chi connectivity index (χ4v) is 3.00. The van der Waals surface area contributed by atoms with Crippen molar-refractivity contribution in [2.75, 3.05) is 20.3 Å². The van der Waals surface area contributed by atoms with Crippen molar-refractivity contribution in [1.29, 1.82) is 0 Å². The van der Waals surface area contributed by atoms with Gasteiger partial charge in [-0.25, -0.2) is 4.79 Å². The van der Waals surface area contributed by atoms with Crippen LogP contribution in [0.3, 0.4) is 0 Å². The van der Waals surface area contributed by atoms with Gasteiger partial charge in [-0.15, -0.1) is 0 Å². The third-order valence-electron chi connectivity index (χ3n) is 4.62. The van der Waals surface area contributed by atoms with Gasteiger partial charge in [-0.1, -0.05) is 44.2 Å². The molecule has 5 nitrogen and oxygen atoms in total. The van der Waals surface area contributed by atoms with E-state index in [1.165, 1.54) is 10.5 Å². The molecule has 0 unspecified atom stereocenters. The highest BCUT2D eigenvalue weighted by Gasteiger charge is 2.30. The number of aldehydes is 1. The lowest BCUT2D eigenvalue weighted by molar-refractivity contribution is -0.113. The highest BCUT2D eigenvalue weighted by atomic mass is 16.6. The zero-order valence-corrected chi connectivity index (χ0v) is 18.4. The molecule has 1 atom stereocenters. The van der Waals surface area contributed by atoms with Crippen LogP contribution in [-0.4, -0.2) is 49.2 Å². The van der Waals surface area contributed by atoms with Crippen molar-refractivity contribution in [3.8, 4) is 0 Å². The second-order valence-corrected chi connectivity index (χ2v) is 9.11. The summed E-state index contributed by atoms with van der Waals surface area (Å²) >= 11 is 0. The average molecular weight is 392 g/mol. The zero-order valence-electron chi connectivity index (χ0n) is 18.4. The summed E-state index contributed by atoms with van der Waals surface area (Å²) in [5, 5.41) is 0. The van der Waals surface area contributed by atoms with E-state index < -0.39 is 17.7 Å². The zero-order chi connectivity index (χ0) is 21.2. The predicted octanol–water partition coefficient (Wildman–Crippen LogP) is 4.88. The minimum absolute atomic E-state index is 0.0787. The van der Waals surface area contributed by atoms with Crippen molar-refractivity contribution >= 4 is 12.4 Å². The number of hydrogen-bond acceptors (Lipinski definition) is 4. The molecular weight excluding hydrogens is 354 g/mol. The molecule has 1 aromatic rings. The highest BCUT2D eigenvalue weighted by Crippen LogP contribution is 2.29. The lowest BCUT2D eigenvalue weighted by Gasteiger charge is -2.33. The molecule has 0 aliphatic rings. The Labute approximate surface area is 170 Å². The first-order valence-electron chi connectivity index (χ1n) is 10.1. The molecule has 0 aromatic heterocycles. The van der Waals surface area contributed by atoms with Gasteiger partial charge in [0.15, 0.2) is 0 Å². The number of nitrogens with zero attached hydrogens (tertiary/aromatic N) is 1. The first-order chi connectivity index (χ1) is 13.0. The van der Waals surface area contributed by atoms with Crippen molar-refractivity contribution < 1.29 is 19.1 Å². The first-order valence-corrected chi connectivity index (χ1v) is 10.1. The number of rotatable bonds is 11. The van der Waals surface area contributed by atoms with E-state index in [0.717, 1.165) is 25.5 Å². The quantitative estimate of drug-likeness (QED) is 0.399. The van der Waals surface area contributed by atoms with Crippen LogP contribution in [0.25, 0.3) is 0 Å². The van der Waals surface area contributed by atoms with Gasteiger partial charge in [0.1, 0.15) is 11.9 Å². The fraction of sp³-hybridized carbons (Fsp3) is 0.652. The van der Waals surface area contributed by atoms with Crippen molar-refractivity contribution in [3.63, 3.8) is 0 Å². The number of likely N-dealkylation sites (N-methyl/N-ethyl adjacent to an activating group) is 1. The van der Waals surface area contributed by atoms with Crippen LogP contribution < -0.4 is 0 Å². The van der Waals surface area contributed by atoms with E-state index in [-0.39, 0.29) is 5.41 Å². The Kier molecular flexibility index (Phi) is 9.66. The van der Waals surface area contributed by atoms with Gasteiger partial charge >= 0.3 is 6.09 Å². The molecule has 0 spiro atoms. The second kappa shape index (κ2) is 11.2. The largest absolute Gasteiger partial charge is 0.444 e. The molecule has 0 heterocycles. The third kappa shape index (κ3) is 9.88. The minimum Gasteiger partial charge on any atom is -0.444 e. The Morgan fingerprint density at radius 1 is 1.11 bits per heavy atom. The smallest absolute Gasteiger partial charge is 0.410 e. The van der Waals surface area contributed by atoms with Gasteiger partial charge in [0.25, 0.3) is 0 Å². The summed E-state index contributed by atoms with van der Waals surface area (Å²) in [4.78, 5) is 25.2. The van der Waals surface area contributed by atoms with E-state index in [0.29, 0.717) is 19.6 Å². The van der Waals surface area contributed by atoms with E-state index >= 15 is 0 Å². The van der Waals surface area contributed by atoms with Gasteiger partial charge in [-0.3, -0.25) is 0 Å². The molecule has 1 aromatic carbocycles. The van der Waals surface area contributed by atoms with Crippen molar-refractivity contribution in [1.82, 2.24) is 4.90 Å². The van der Waals surface area contributed by atoms with E-state index in [1.54, 1.807) is 7.05 Å². The lowest BCUT2D eigenvalue weighted by Crippen LogP contribution is -2.43. The van der Waals surface area contributed by atoms with E-state index in [9.17, 15) is 9.59 Å². The highest BCUT2D eigenvalue weighted by molar-refractivity contribution is 5.73. The number of carbonyl (C=O) groups excluding carboxylic acids is 2. The van der Waals surface area contributed by atoms with Crippen LogP contribution in [0, 0.1) is 5.41 Å². The Balaban J connectivity index is 2.35. The molecular formula is C23H37NO4. The monoisotopic (exact) mass is 391 g/mol. The summed E-state index contributed by atoms with van der Waals surface area (Å²) < 4.78 is 11.1. The molecule has 0 fully saturated rings. The maximum Gasteiger partial charge on any atom is 0.410 e. The number of benzene rings is 1. The molecule has 158 valence electrons. The molecule has 0 aliphatic carbocycles. The van der Waals surface area contributed by atoms with Gasteiger partial charge in [-0.2, -0.15) is 0 Å². The summed E-state index contributed by atoms with van der Waals surface area (Å²) in [6.07, 6.45) is 3.72. The van der Waals surface area contributed by atoms with Gasteiger partial charge in [0.2, 0.25) is 0 Å². The molecule has 0 bridgehead atoms. The summed E-state index contributed by atoms with van der Waals surface area (Å²) in [5.74, 6) is 0. The van der Waals surface area contributed by atoms with E-state index in [4.69, 9.17) is 9.47 Å². The maximum atomic E-state index is 12.2. The van der Waals surface area contributed by atoms with Gasteiger partial charge in [-0.05, 0) is 57.4 Å². The Bertz CT molecular complexity index is 592. The summed E-state index contributed by atoms with van der Waals surface area (Å²) in [6, 6.07) is 9.80. The average Bonchev–Trinajstić information content (AvgIpc) is 2.61. The van der Waals surface area contributed by atoms with Gasteiger partial charge < -0.3 is 19.2 Å². The maximum absolute atomic E-state index is 12.2. The Hall–Kier alpha value is -1.88. The Morgan fingerprint density at radius 2 is 1.75 bits per heavy atom. The molecule has 1 rings (SSSR count). The number of hydrogen-bond donors (Lipinski definition) is 0. The van der Waals surface area contributed by atoms with Crippen molar-refractivity contribution in [3.05, 3.63) is 35.9 Å². The summed E-state index contributed by atoms with van der Waals surface area (Å²) in [6.45, 7) is 11.1. The Morgan fingerprint density at radius 3 is 2.32 bits per heavy atom. The van der Waals surface area contributed by atoms with E-state index in [1.807, 2.05) is 39.0 Å². The van der Waals surface area contributed by atoms with E-state index in [2.05, 4.69) is 26.0 Å². The predicted molar refractivity (Wildman–Crippen MR) is 112 cm³/mol. The van der Waals surface area contributed by atoms with Crippen LogP contribution in [0.4, 0.5) is 4.79 Å². The number of ether oxygens (including phenoxy) is 2. The van der Waals surface area contributed by atoms with Crippen LogP contribution in [0.15, 0.2) is 30.3 Å². The molecule has 0 N–H and O–H groups in total. The first kappa shape index (κ1) is 24.2. The van der Waals surface area contributed by atoms with Gasteiger partial charge in [0.05, 0.1) is 12.6 Å².